The van der Waals surface area contributed by atoms with Gasteiger partial charge in [0.05, 0.1) is 13.3 Å². The number of aryl methyl sites for hydroxylation is 1. The molecular formula is C13H25N3O2. The van der Waals surface area contributed by atoms with Crippen LogP contribution in [0, 0.1) is 5.92 Å². The maximum Gasteiger partial charge on any atom is 0.162 e. The van der Waals surface area contributed by atoms with Crippen molar-refractivity contribution in [2.45, 2.75) is 32.8 Å². The molecule has 0 saturated carbocycles. The Bertz CT molecular complexity index is 372. The molecule has 0 radical (unpaired) electrons. The number of methoxy groups -OCH3 is 1. The molecule has 1 unspecified atom stereocenters. The summed E-state index contributed by atoms with van der Waals surface area (Å²) >= 11 is 0. The molecule has 0 aromatic carbocycles. The first kappa shape index (κ1) is 15.0. The van der Waals surface area contributed by atoms with Crippen LogP contribution in [0.2, 0.25) is 0 Å². The topological polar surface area (TPSA) is 59.3 Å². The quantitative estimate of drug-likeness (QED) is 0.720. The maximum atomic E-state index is 10.6. The molecule has 5 nitrogen and oxygen atoms in total. The number of hydrogen-bond donors (Lipinski definition) is 2. The lowest BCUT2D eigenvalue weighted by Crippen LogP contribution is -2.31. The minimum atomic E-state index is -0.944. The number of aliphatic hydroxyl groups is 1. The third-order valence-electron chi connectivity index (χ3n) is 2.98. The van der Waals surface area contributed by atoms with E-state index in [1.54, 1.807) is 24.9 Å². The van der Waals surface area contributed by atoms with Crippen molar-refractivity contribution in [2.75, 3.05) is 20.2 Å². The van der Waals surface area contributed by atoms with E-state index in [0.29, 0.717) is 18.1 Å². The normalized spacial score (nSPS) is 14.8. The third kappa shape index (κ3) is 3.71. The van der Waals surface area contributed by atoms with Crippen molar-refractivity contribution in [2.24, 2.45) is 13.0 Å². The van der Waals surface area contributed by atoms with Crippen LogP contribution in [0.5, 0.6) is 5.75 Å². The molecule has 0 saturated heterocycles. The van der Waals surface area contributed by atoms with Crippen LogP contribution < -0.4 is 10.1 Å². The second-order valence-corrected chi connectivity index (χ2v) is 5.31. The van der Waals surface area contributed by atoms with Crippen molar-refractivity contribution >= 4 is 0 Å². The van der Waals surface area contributed by atoms with E-state index in [4.69, 9.17) is 4.74 Å². The van der Waals surface area contributed by atoms with E-state index in [1.165, 1.54) is 0 Å². The predicted octanol–water partition coefficient (Wildman–Crippen LogP) is 1.27. The van der Waals surface area contributed by atoms with E-state index in [-0.39, 0.29) is 0 Å². The monoisotopic (exact) mass is 255 g/mol. The van der Waals surface area contributed by atoms with Crippen LogP contribution >= 0.6 is 0 Å². The maximum absolute atomic E-state index is 10.6. The van der Waals surface area contributed by atoms with Gasteiger partial charge >= 0.3 is 0 Å². The molecule has 1 atom stereocenters. The van der Waals surface area contributed by atoms with E-state index < -0.39 is 5.60 Å². The summed E-state index contributed by atoms with van der Waals surface area (Å²) in [4.78, 5) is 0. The van der Waals surface area contributed by atoms with Gasteiger partial charge in [0.1, 0.15) is 11.3 Å². The fraction of sp³-hybridized carbons (Fsp3) is 0.769. The van der Waals surface area contributed by atoms with Crippen molar-refractivity contribution < 1.29 is 9.84 Å². The molecule has 1 rings (SSSR count). The second kappa shape index (κ2) is 6.20. The SMILES string of the molecule is COc1cnn(C)c1C(C)(O)CCNCC(C)C. The zero-order valence-electron chi connectivity index (χ0n) is 12.0. The Morgan fingerprint density at radius 1 is 1.56 bits per heavy atom. The molecule has 104 valence electrons. The molecule has 0 aliphatic rings. The first-order valence-corrected chi connectivity index (χ1v) is 6.38. The predicted molar refractivity (Wildman–Crippen MR) is 71.7 cm³/mol. The molecule has 0 spiro atoms. The smallest absolute Gasteiger partial charge is 0.162 e. The Labute approximate surface area is 109 Å². The van der Waals surface area contributed by atoms with Gasteiger partial charge in [0.25, 0.3) is 0 Å². The van der Waals surface area contributed by atoms with E-state index in [2.05, 4.69) is 24.3 Å². The Morgan fingerprint density at radius 2 is 2.22 bits per heavy atom. The van der Waals surface area contributed by atoms with E-state index in [9.17, 15) is 5.11 Å². The lowest BCUT2D eigenvalue weighted by atomic mass is 9.97. The summed E-state index contributed by atoms with van der Waals surface area (Å²) in [6.07, 6.45) is 2.25. The van der Waals surface area contributed by atoms with Gasteiger partial charge in [-0.15, -0.1) is 0 Å². The Balaban J connectivity index is 2.64. The van der Waals surface area contributed by atoms with Gasteiger partial charge in [-0.1, -0.05) is 13.8 Å². The fourth-order valence-electron chi connectivity index (χ4n) is 2.02. The highest BCUT2D eigenvalue weighted by Crippen LogP contribution is 2.31. The van der Waals surface area contributed by atoms with Gasteiger partial charge in [-0.2, -0.15) is 5.10 Å². The van der Waals surface area contributed by atoms with Crippen molar-refractivity contribution in [3.63, 3.8) is 0 Å². The van der Waals surface area contributed by atoms with Crippen LogP contribution in [0.25, 0.3) is 0 Å². The minimum Gasteiger partial charge on any atom is -0.493 e. The van der Waals surface area contributed by atoms with Crippen LogP contribution in [0.1, 0.15) is 32.9 Å². The molecule has 0 fully saturated rings. The summed E-state index contributed by atoms with van der Waals surface area (Å²) in [5.74, 6) is 1.24. The van der Waals surface area contributed by atoms with E-state index in [1.807, 2.05) is 7.05 Å². The van der Waals surface area contributed by atoms with Crippen molar-refractivity contribution in [3.8, 4) is 5.75 Å². The lowest BCUT2D eigenvalue weighted by Gasteiger charge is -2.25. The zero-order valence-corrected chi connectivity index (χ0v) is 12.0. The zero-order chi connectivity index (χ0) is 13.8. The number of ether oxygens (including phenoxy) is 1. The van der Waals surface area contributed by atoms with Crippen molar-refractivity contribution in [1.29, 1.82) is 0 Å². The molecule has 0 aliphatic heterocycles. The molecular weight excluding hydrogens is 230 g/mol. The van der Waals surface area contributed by atoms with Gasteiger partial charge in [-0.25, -0.2) is 0 Å². The number of nitrogens with one attached hydrogen (secondary N) is 1. The molecule has 18 heavy (non-hydrogen) atoms. The summed E-state index contributed by atoms with van der Waals surface area (Å²) in [6, 6.07) is 0. The molecule has 0 bridgehead atoms. The van der Waals surface area contributed by atoms with Gasteiger partial charge in [0.15, 0.2) is 5.75 Å². The summed E-state index contributed by atoms with van der Waals surface area (Å²) in [5.41, 5.74) is -0.225. The van der Waals surface area contributed by atoms with E-state index in [0.717, 1.165) is 18.8 Å². The van der Waals surface area contributed by atoms with Crippen LogP contribution in [-0.4, -0.2) is 35.1 Å². The lowest BCUT2D eigenvalue weighted by molar-refractivity contribution is 0.0370. The van der Waals surface area contributed by atoms with Gasteiger partial charge in [-0.05, 0) is 32.4 Å². The standard InChI is InChI=1S/C13H25N3O2/c1-10(2)8-14-7-6-13(3,17)12-11(18-5)9-15-16(12)4/h9-10,14,17H,6-8H2,1-5H3. The summed E-state index contributed by atoms with van der Waals surface area (Å²) in [7, 11) is 3.40. The molecule has 1 aromatic heterocycles. The Hall–Kier alpha value is -1.07. The summed E-state index contributed by atoms with van der Waals surface area (Å²) in [5, 5.41) is 18.0. The van der Waals surface area contributed by atoms with Gasteiger partial charge < -0.3 is 15.2 Å². The molecule has 1 heterocycles. The van der Waals surface area contributed by atoms with Crippen LogP contribution in [0.15, 0.2) is 6.20 Å². The summed E-state index contributed by atoms with van der Waals surface area (Å²) < 4.78 is 6.90. The Kier molecular flexibility index (Phi) is 5.16. The summed E-state index contributed by atoms with van der Waals surface area (Å²) in [6.45, 7) is 7.84. The highest BCUT2D eigenvalue weighted by molar-refractivity contribution is 5.30. The van der Waals surface area contributed by atoms with Crippen LogP contribution in [0.4, 0.5) is 0 Å². The first-order valence-electron chi connectivity index (χ1n) is 6.38. The van der Waals surface area contributed by atoms with Crippen molar-refractivity contribution in [1.82, 2.24) is 15.1 Å². The molecule has 0 amide bonds. The second-order valence-electron chi connectivity index (χ2n) is 5.31. The number of rotatable bonds is 7. The molecule has 2 N–H and O–H groups in total. The van der Waals surface area contributed by atoms with Crippen LogP contribution in [0.3, 0.4) is 0 Å². The third-order valence-corrected chi connectivity index (χ3v) is 2.98. The van der Waals surface area contributed by atoms with Gasteiger partial charge in [-0.3, -0.25) is 4.68 Å². The van der Waals surface area contributed by atoms with E-state index >= 15 is 0 Å². The highest BCUT2D eigenvalue weighted by atomic mass is 16.5. The largest absolute Gasteiger partial charge is 0.493 e. The number of hydrogen-bond acceptors (Lipinski definition) is 4. The number of aromatic nitrogens is 2. The van der Waals surface area contributed by atoms with Gasteiger partial charge in [0.2, 0.25) is 0 Å². The molecule has 1 aromatic rings. The Morgan fingerprint density at radius 3 is 2.78 bits per heavy atom. The highest BCUT2D eigenvalue weighted by Gasteiger charge is 2.30. The first-order chi connectivity index (χ1) is 8.38. The minimum absolute atomic E-state index is 0.612. The molecule has 0 aliphatic carbocycles. The fourth-order valence-corrected chi connectivity index (χ4v) is 2.02. The average Bonchev–Trinajstić information content (AvgIpc) is 2.66. The van der Waals surface area contributed by atoms with Crippen molar-refractivity contribution in [3.05, 3.63) is 11.9 Å². The average molecular weight is 255 g/mol. The van der Waals surface area contributed by atoms with Crippen LogP contribution in [-0.2, 0) is 12.6 Å². The molecule has 5 heteroatoms. The number of nitrogens with zero attached hydrogens (tertiary/aromatic N) is 2. The van der Waals surface area contributed by atoms with Gasteiger partial charge in [0, 0.05) is 7.05 Å².